The largest absolute Gasteiger partial charge is 0.350 e. The third-order valence-electron chi connectivity index (χ3n) is 3.83. The molecular weight excluding hydrogens is 286 g/mol. The van der Waals surface area contributed by atoms with Crippen LogP contribution in [0.3, 0.4) is 0 Å². The van der Waals surface area contributed by atoms with Crippen LogP contribution in [0.5, 0.6) is 0 Å². The second-order valence-corrected chi connectivity index (χ2v) is 5.70. The third kappa shape index (κ3) is 5.70. The van der Waals surface area contributed by atoms with Crippen molar-refractivity contribution in [1.82, 2.24) is 5.32 Å². The van der Waals surface area contributed by atoms with Crippen LogP contribution in [0.15, 0.2) is 60.7 Å². The fourth-order valence-electron chi connectivity index (χ4n) is 2.48. The summed E-state index contributed by atoms with van der Waals surface area (Å²) in [6, 6.07) is 19.2. The van der Waals surface area contributed by atoms with E-state index < -0.39 is 0 Å². The molecule has 1 N–H and O–H groups in total. The predicted molar refractivity (Wildman–Crippen MR) is 92.2 cm³/mol. The molecule has 0 aromatic heterocycles. The zero-order chi connectivity index (χ0) is 16.5. The van der Waals surface area contributed by atoms with E-state index in [1.54, 1.807) is 0 Å². The highest BCUT2D eigenvalue weighted by atomic mass is 16.1. The number of nitrogens with one attached hydrogen (secondary N) is 1. The number of hydrogen-bond acceptors (Lipinski definition) is 2. The highest BCUT2D eigenvalue weighted by molar-refractivity contribution is 5.95. The Morgan fingerprint density at radius 2 is 1.43 bits per heavy atom. The predicted octanol–water partition coefficient (Wildman–Crippen LogP) is 4.31. The summed E-state index contributed by atoms with van der Waals surface area (Å²) in [5, 5.41) is 2.99. The van der Waals surface area contributed by atoms with E-state index in [4.69, 9.17) is 0 Å². The van der Waals surface area contributed by atoms with Gasteiger partial charge >= 0.3 is 0 Å². The summed E-state index contributed by atoms with van der Waals surface area (Å²) in [6.45, 7) is 1.98. The highest BCUT2D eigenvalue weighted by Crippen LogP contribution is 2.12. The smallest absolute Gasteiger partial charge is 0.220 e. The zero-order valence-electron chi connectivity index (χ0n) is 13.5. The Bertz CT molecular complexity index is 623. The number of carbonyl (C=O) groups is 2. The van der Waals surface area contributed by atoms with Crippen molar-refractivity contribution < 1.29 is 9.59 Å². The van der Waals surface area contributed by atoms with Crippen LogP contribution in [0, 0.1) is 0 Å². The molecule has 0 aliphatic rings. The Balaban J connectivity index is 1.66. The first-order chi connectivity index (χ1) is 11.2. The average molecular weight is 309 g/mol. The summed E-state index contributed by atoms with van der Waals surface area (Å²) in [7, 11) is 0. The number of Topliss-reactive ketones (excluding diaryl/α,β-unsaturated/α-hetero) is 1. The van der Waals surface area contributed by atoms with Crippen LogP contribution in [0.25, 0.3) is 0 Å². The molecule has 2 rings (SSSR count). The molecule has 0 saturated heterocycles. The normalized spacial score (nSPS) is 11.7. The fourth-order valence-corrected chi connectivity index (χ4v) is 2.48. The van der Waals surface area contributed by atoms with Gasteiger partial charge in [0, 0.05) is 18.4 Å². The molecule has 3 nitrogen and oxygen atoms in total. The first kappa shape index (κ1) is 16.9. The van der Waals surface area contributed by atoms with Gasteiger partial charge in [-0.15, -0.1) is 0 Å². The van der Waals surface area contributed by atoms with Crippen molar-refractivity contribution in [1.29, 1.82) is 0 Å². The van der Waals surface area contributed by atoms with E-state index in [-0.39, 0.29) is 17.7 Å². The molecule has 0 radical (unpaired) electrons. The fraction of sp³-hybridized carbons (Fsp3) is 0.300. The third-order valence-corrected chi connectivity index (χ3v) is 3.83. The molecule has 3 heteroatoms. The van der Waals surface area contributed by atoms with Gasteiger partial charge in [0.25, 0.3) is 0 Å². The summed E-state index contributed by atoms with van der Waals surface area (Å²) in [5.41, 5.74) is 1.84. The topological polar surface area (TPSA) is 46.2 Å². The van der Waals surface area contributed by atoms with E-state index in [2.05, 4.69) is 5.32 Å². The van der Waals surface area contributed by atoms with E-state index in [0.717, 1.165) is 24.0 Å². The van der Waals surface area contributed by atoms with Crippen molar-refractivity contribution in [3.63, 3.8) is 0 Å². The molecule has 1 atom stereocenters. The first-order valence-electron chi connectivity index (χ1n) is 8.09. The molecule has 1 amide bonds. The lowest BCUT2D eigenvalue weighted by molar-refractivity contribution is -0.121. The van der Waals surface area contributed by atoms with E-state index in [9.17, 15) is 9.59 Å². The maximum absolute atomic E-state index is 12.0. The van der Waals surface area contributed by atoms with Gasteiger partial charge in [0.15, 0.2) is 5.78 Å². The molecule has 0 aliphatic carbocycles. The van der Waals surface area contributed by atoms with Gasteiger partial charge in [0.05, 0.1) is 6.04 Å². The maximum atomic E-state index is 12.0. The lowest BCUT2D eigenvalue weighted by atomic mass is 10.0. The molecule has 120 valence electrons. The van der Waals surface area contributed by atoms with Gasteiger partial charge in [-0.3, -0.25) is 9.59 Å². The lowest BCUT2D eigenvalue weighted by Crippen LogP contribution is -2.26. The van der Waals surface area contributed by atoms with Gasteiger partial charge in [0.1, 0.15) is 0 Å². The SMILES string of the molecule is C[C@@H](NC(=O)CCCCC(=O)c1ccccc1)c1ccccc1. The molecule has 0 aliphatic heterocycles. The van der Waals surface area contributed by atoms with Crippen LogP contribution in [0.1, 0.15) is 54.6 Å². The summed E-state index contributed by atoms with van der Waals surface area (Å²) in [6.07, 6.45) is 2.41. The van der Waals surface area contributed by atoms with E-state index in [1.165, 1.54) is 0 Å². The minimum Gasteiger partial charge on any atom is -0.350 e. The summed E-state index contributed by atoms with van der Waals surface area (Å²) in [4.78, 5) is 23.9. The Hall–Kier alpha value is -2.42. The van der Waals surface area contributed by atoms with Crippen LogP contribution in [-0.2, 0) is 4.79 Å². The highest BCUT2D eigenvalue weighted by Gasteiger charge is 2.09. The second kappa shape index (κ2) is 8.89. The summed E-state index contributed by atoms with van der Waals surface area (Å²) in [5.74, 6) is 0.178. The molecule has 0 spiro atoms. The Morgan fingerprint density at radius 1 is 0.870 bits per heavy atom. The lowest BCUT2D eigenvalue weighted by Gasteiger charge is -2.14. The van der Waals surface area contributed by atoms with Crippen molar-refractivity contribution >= 4 is 11.7 Å². The second-order valence-electron chi connectivity index (χ2n) is 5.70. The quantitative estimate of drug-likeness (QED) is 0.583. The maximum Gasteiger partial charge on any atom is 0.220 e. The number of amides is 1. The number of ketones is 1. The molecule has 0 bridgehead atoms. The summed E-state index contributed by atoms with van der Waals surface area (Å²) < 4.78 is 0. The molecule has 2 aromatic carbocycles. The van der Waals surface area contributed by atoms with Gasteiger partial charge in [-0.2, -0.15) is 0 Å². The standard InChI is InChI=1S/C20H23NO2/c1-16(17-10-4-2-5-11-17)21-20(23)15-9-8-14-19(22)18-12-6-3-7-13-18/h2-7,10-13,16H,8-9,14-15H2,1H3,(H,21,23)/t16-/m1/s1. The van der Waals surface area contributed by atoms with E-state index in [0.29, 0.717) is 12.8 Å². The molecule has 23 heavy (non-hydrogen) atoms. The van der Waals surface area contributed by atoms with E-state index in [1.807, 2.05) is 67.6 Å². The number of unbranched alkanes of at least 4 members (excludes halogenated alkanes) is 1. The van der Waals surface area contributed by atoms with Crippen molar-refractivity contribution in [2.75, 3.05) is 0 Å². The average Bonchev–Trinajstić information content (AvgIpc) is 2.60. The van der Waals surface area contributed by atoms with Gasteiger partial charge in [-0.25, -0.2) is 0 Å². The number of rotatable bonds is 8. The van der Waals surface area contributed by atoms with Crippen LogP contribution in [0.4, 0.5) is 0 Å². The molecule has 0 fully saturated rings. The van der Waals surface area contributed by atoms with Gasteiger partial charge in [-0.05, 0) is 25.3 Å². The van der Waals surface area contributed by atoms with Crippen LogP contribution in [-0.4, -0.2) is 11.7 Å². The van der Waals surface area contributed by atoms with Crippen LogP contribution < -0.4 is 5.32 Å². The van der Waals surface area contributed by atoms with Crippen molar-refractivity contribution in [2.24, 2.45) is 0 Å². The van der Waals surface area contributed by atoms with Crippen molar-refractivity contribution in [3.05, 3.63) is 71.8 Å². The van der Waals surface area contributed by atoms with Crippen LogP contribution in [0.2, 0.25) is 0 Å². The van der Waals surface area contributed by atoms with Crippen molar-refractivity contribution in [3.8, 4) is 0 Å². The first-order valence-corrected chi connectivity index (χ1v) is 8.09. The Labute approximate surface area is 137 Å². The van der Waals surface area contributed by atoms with Gasteiger partial charge < -0.3 is 5.32 Å². The zero-order valence-corrected chi connectivity index (χ0v) is 13.5. The molecular formula is C20H23NO2. The number of benzene rings is 2. The molecule has 0 unspecified atom stereocenters. The number of hydrogen-bond donors (Lipinski definition) is 1. The molecule has 0 heterocycles. The molecule has 0 saturated carbocycles. The number of carbonyl (C=O) groups excluding carboxylic acids is 2. The van der Waals surface area contributed by atoms with Gasteiger partial charge in [0.2, 0.25) is 5.91 Å². The monoisotopic (exact) mass is 309 g/mol. The summed E-state index contributed by atoms with van der Waals surface area (Å²) >= 11 is 0. The molecule has 2 aromatic rings. The van der Waals surface area contributed by atoms with Gasteiger partial charge in [-0.1, -0.05) is 60.7 Å². The van der Waals surface area contributed by atoms with Crippen LogP contribution >= 0.6 is 0 Å². The van der Waals surface area contributed by atoms with E-state index >= 15 is 0 Å². The Morgan fingerprint density at radius 3 is 2.09 bits per heavy atom. The minimum absolute atomic E-state index is 0.00894. The minimum atomic E-state index is 0.00894. The Kier molecular flexibility index (Phi) is 6.55. The van der Waals surface area contributed by atoms with Crippen molar-refractivity contribution in [2.45, 2.75) is 38.6 Å².